The number of carbonyl (C=O) groups is 3. The summed E-state index contributed by atoms with van der Waals surface area (Å²) < 4.78 is 17.1. The van der Waals surface area contributed by atoms with Gasteiger partial charge in [-0.15, -0.1) is 0 Å². The molecule has 11 nitrogen and oxygen atoms in total. The van der Waals surface area contributed by atoms with Crippen LogP contribution in [-0.2, 0) is 14.2 Å². The smallest absolute Gasteiger partial charge is 0.425 e. The Morgan fingerprint density at radius 1 is 0.844 bits per heavy atom. The van der Waals surface area contributed by atoms with Gasteiger partial charge in [0.15, 0.2) is 17.0 Å². The van der Waals surface area contributed by atoms with Crippen LogP contribution in [0.5, 0.6) is 0 Å². The van der Waals surface area contributed by atoms with E-state index in [9.17, 15) is 14.4 Å². The average Bonchev–Trinajstić information content (AvgIpc) is 2.93. The van der Waals surface area contributed by atoms with Crippen molar-refractivity contribution in [3.63, 3.8) is 0 Å². The van der Waals surface area contributed by atoms with Gasteiger partial charge in [0.25, 0.3) is 0 Å². The number of carbonyl (C=O) groups excluding carboxylic acids is 3. The van der Waals surface area contributed by atoms with E-state index in [0.717, 1.165) is 10.9 Å². The first kappa shape index (κ1) is 25.3. The first-order chi connectivity index (χ1) is 14.4. The minimum Gasteiger partial charge on any atom is -0.443 e. The van der Waals surface area contributed by atoms with E-state index >= 15 is 0 Å². The van der Waals surface area contributed by atoms with Crippen molar-refractivity contribution >= 4 is 46.9 Å². The average molecular weight is 470 g/mol. The van der Waals surface area contributed by atoms with Gasteiger partial charge in [-0.3, -0.25) is 0 Å². The molecular weight excluding hydrogens is 442 g/mol. The predicted octanol–water partition coefficient (Wildman–Crippen LogP) is 4.94. The molecule has 176 valence electrons. The van der Waals surface area contributed by atoms with E-state index in [1.165, 1.54) is 0 Å². The molecule has 0 aliphatic carbocycles. The summed E-state index contributed by atoms with van der Waals surface area (Å²) in [4.78, 5) is 51.2. The second-order valence-corrected chi connectivity index (χ2v) is 10.2. The lowest BCUT2D eigenvalue weighted by molar-refractivity contribution is 0.0427. The normalized spacial score (nSPS) is 12.4. The van der Waals surface area contributed by atoms with Gasteiger partial charge >= 0.3 is 18.3 Å². The molecule has 0 radical (unpaired) electrons. The first-order valence-corrected chi connectivity index (χ1v) is 10.2. The molecule has 2 heterocycles. The number of hydrogen-bond acceptors (Lipinski definition) is 9. The van der Waals surface area contributed by atoms with Crippen molar-refractivity contribution in [1.82, 2.24) is 19.5 Å². The Balaban J connectivity index is 2.66. The monoisotopic (exact) mass is 469 g/mol. The fourth-order valence-electron chi connectivity index (χ4n) is 2.32. The van der Waals surface area contributed by atoms with E-state index in [1.807, 2.05) is 0 Å². The minimum absolute atomic E-state index is 0.0584. The molecule has 0 saturated carbocycles. The maximum Gasteiger partial charge on any atom is 0.425 e. The highest BCUT2D eigenvalue weighted by molar-refractivity contribution is 6.29. The van der Waals surface area contributed by atoms with Gasteiger partial charge in [0.2, 0.25) is 5.28 Å². The van der Waals surface area contributed by atoms with Crippen molar-refractivity contribution in [3.05, 3.63) is 11.6 Å². The molecule has 32 heavy (non-hydrogen) atoms. The summed E-state index contributed by atoms with van der Waals surface area (Å²) in [5.41, 5.74) is -2.76. The van der Waals surface area contributed by atoms with E-state index in [4.69, 9.17) is 25.8 Å². The molecule has 0 bridgehead atoms. The molecule has 12 heteroatoms. The van der Waals surface area contributed by atoms with Crippen LogP contribution in [0.4, 0.5) is 20.2 Å². The van der Waals surface area contributed by atoms with Gasteiger partial charge in [0.05, 0.1) is 0 Å². The van der Waals surface area contributed by atoms with Gasteiger partial charge in [-0.2, -0.15) is 14.9 Å². The number of anilines is 1. The minimum atomic E-state index is -1.06. The summed E-state index contributed by atoms with van der Waals surface area (Å²) in [6.07, 6.45) is -1.76. The van der Waals surface area contributed by atoms with Crippen LogP contribution in [0.2, 0.25) is 5.28 Å². The molecule has 0 atom stereocenters. The van der Waals surface area contributed by atoms with Crippen LogP contribution in [0.1, 0.15) is 62.3 Å². The Morgan fingerprint density at radius 3 is 1.75 bits per heavy atom. The lowest BCUT2D eigenvalue weighted by Gasteiger charge is -2.28. The number of hydrogen-bond donors (Lipinski definition) is 0. The summed E-state index contributed by atoms with van der Waals surface area (Å²) in [6.45, 7) is 14.9. The zero-order chi connectivity index (χ0) is 24.6. The molecule has 0 fully saturated rings. The Bertz CT molecular complexity index is 1020. The van der Waals surface area contributed by atoms with Crippen LogP contribution < -0.4 is 4.90 Å². The SMILES string of the molecule is CC(C)(C)OC(=O)N(C(=O)OC(C)(C)C)c1nc(Cl)nc2c1ncn2C(=O)OC(C)(C)C. The van der Waals surface area contributed by atoms with Crippen LogP contribution >= 0.6 is 11.6 Å². The molecule has 0 spiro atoms. The Hall–Kier alpha value is -2.95. The third-order valence-corrected chi connectivity index (χ3v) is 3.47. The fraction of sp³-hybridized carbons (Fsp3) is 0.600. The maximum atomic E-state index is 12.9. The Kier molecular flexibility index (Phi) is 6.75. The summed E-state index contributed by atoms with van der Waals surface area (Å²) in [5.74, 6) is -0.300. The maximum absolute atomic E-state index is 12.9. The van der Waals surface area contributed by atoms with Crippen molar-refractivity contribution in [2.75, 3.05) is 4.90 Å². The quantitative estimate of drug-likeness (QED) is 0.421. The topological polar surface area (TPSA) is 126 Å². The number of halogens is 1. The van der Waals surface area contributed by atoms with Crippen LogP contribution in [0.25, 0.3) is 11.2 Å². The molecule has 0 saturated heterocycles. The second kappa shape index (κ2) is 8.53. The van der Waals surface area contributed by atoms with Crippen LogP contribution in [0.3, 0.4) is 0 Å². The van der Waals surface area contributed by atoms with Crippen LogP contribution in [0.15, 0.2) is 6.33 Å². The van der Waals surface area contributed by atoms with Crippen LogP contribution in [-0.4, -0.2) is 54.6 Å². The van der Waals surface area contributed by atoms with Gasteiger partial charge in [-0.05, 0) is 73.9 Å². The molecule has 0 unspecified atom stereocenters. The van der Waals surface area contributed by atoms with Crippen molar-refractivity contribution in [3.8, 4) is 0 Å². The number of amides is 2. The van der Waals surface area contributed by atoms with E-state index in [2.05, 4.69) is 15.0 Å². The zero-order valence-corrected chi connectivity index (χ0v) is 20.4. The number of imide groups is 1. The standard InChI is InChI=1S/C20H28ClN5O6/c1-18(2,3)30-15(27)25-10-22-11-12(25)23-14(21)24-13(11)26(16(28)31-19(4,5)6)17(29)32-20(7,8)9/h10H,1-9H3. The summed E-state index contributed by atoms with van der Waals surface area (Å²) in [6, 6.07) is 0. The van der Waals surface area contributed by atoms with Crippen molar-refractivity contribution in [2.24, 2.45) is 0 Å². The number of rotatable bonds is 1. The summed E-state index contributed by atoms with van der Waals surface area (Å²) >= 11 is 6.06. The number of fused-ring (bicyclic) bond motifs is 1. The van der Waals surface area contributed by atoms with E-state index in [0.29, 0.717) is 4.90 Å². The lowest BCUT2D eigenvalue weighted by Crippen LogP contribution is -2.44. The van der Waals surface area contributed by atoms with Gasteiger partial charge in [-0.1, -0.05) is 0 Å². The number of ether oxygens (including phenoxy) is 3. The highest BCUT2D eigenvalue weighted by Gasteiger charge is 2.36. The molecule has 0 aliphatic heterocycles. The molecule has 0 aliphatic rings. The highest BCUT2D eigenvalue weighted by atomic mass is 35.5. The van der Waals surface area contributed by atoms with Gasteiger partial charge in [0.1, 0.15) is 23.1 Å². The van der Waals surface area contributed by atoms with Crippen molar-refractivity contribution in [2.45, 2.75) is 79.1 Å². The number of imidazole rings is 1. The lowest BCUT2D eigenvalue weighted by atomic mass is 10.2. The van der Waals surface area contributed by atoms with E-state index in [1.54, 1.807) is 62.3 Å². The highest BCUT2D eigenvalue weighted by Crippen LogP contribution is 2.28. The Morgan fingerprint density at radius 2 is 1.31 bits per heavy atom. The largest absolute Gasteiger partial charge is 0.443 e. The van der Waals surface area contributed by atoms with Gasteiger partial charge in [0, 0.05) is 0 Å². The number of aromatic nitrogens is 4. The molecule has 2 aromatic heterocycles. The van der Waals surface area contributed by atoms with E-state index in [-0.39, 0.29) is 22.3 Å². The molecule has 2 aromatic rings. The summed E-state index contributed by atoms with van der Waals surface area (Å²) in [7, 11) is 0. The molecule has 2 amide bonds. The third kappa shape index (κ3) is 6.52. The van der Waals surface area contributed by atoms with Gasteiger partial charge < -0.3 is 14.2 Å². The van der Waals surface area contributed by atoms with Crippen LogP contribution in [0, 0.1) is 0 Å². The third-order valence-electron chi connectivity index (χ3n) is 3.30. The fourth-order valence-corrected chi connectivity index (χ4v) is 2.48. The molecule has 0 N–H and O–H groups in total. The molecular formula is C20H28ClN5O6. The number of nitrogens with zero attached hydrogens (tertiary/aromatic N) is 5. The first-order valence-electron chi connectivity index (χ1n) is 9.78. The molecule has 2 rings (SSSR count). The second-order valence-electron chi connectivity index (χ2n) is 9.88. The summed E-state index contributed by atoms with van der Waals surface area (Å²) in [5, 5.41) is -0.338. The van der Waals surface area contributed by atoms with Gasteiger partial charge in [-0.25, -0.2) is 23.9 Å². The molecule has 0 aromatic carbocycles. The zero-order valence-electron chi connectivity index (χ0n) is 19.6. The van der Waals surface area contributed by atoms with Crippen molar-refractivity contribution in [1.29, 1.82) is 0 Å². The Labute approximate surface area is 191 Å². The predicted molar refractivity (Wildman–Crippen MR) is 117 cm³/mol. The van der Waals surface area contributed by atoms with Crippen molar-refractivity contribution < 1.29 is 28.6 Å². The van der Waals surface area contributed by atoms with E-state index < -0.39 is 35.1 Å².